The zero-order valence-corrected chi connectivity index (χ0v) is 18.2. The summed E-state index contributed by atoms with van der Waals surface area (Å²) >= 11 is 12.1. The number of benzene rings is 2. The molecule has 1 saturated heterocycles. The number of morpholine rings is 1. The molecule has 0 radical (unpaired) electrons. The fourth-order valence-electron chi connectivity index (χ4n) is 2.83. The van der Waals surface area contributed by atoms with Gasteiger partial charge in [-0.05, 0) is 37.3 Å². The molecule has 0 atom stereocenters. The van der Waals surface area contributed by atoms with Gasteiger partial charge in [-0.25, -0.2) is 8.42 Å². The van der Waals surface area contributed by atoms with Gasteiger partial charge in [-0.2, -0.15) is 9.41 Å². The van der Waals surface area contributed by atoms with Crippen LogP contribution in [0.15, 0.2) is 46.4 Å². The number of hydrazone groups is 1. The Hall–Kier alpha value is -2.24. The standard InChI is InChI=1S/C18H18Cl2N4O5S/c1-12(15-10-13(19)2-4-16(15)20)21-22-17-5-3-14(11-18(17)24(25)26)30(27,28)23-6-8-29-9-7-23/h2-5,10-11,22H,6-9H2,1H3/b21-12+. The largest absolute Gasteiger partial charge is 0.379 e. The number of anilines is 1. The monoisotopic (exact) mass is 472 g/mol. The van der Waals surface area contributed by atoms with E-state index in [0.29, 0.717) is 21.3 Å². The lowest BCUT2D eigenvalue weighted by Crippen LogP contribution is -2.40. The summed E-state index contributed by atoms with van der Waals surface area (Å²) in [5.41, 5.74) is 3.24. The average Bonchev–Trinajstić information content (AvgIpc) is 2.74. The third-order valence-electron chi connectivity index (χ3n) is 4.44. The zero-order valence-electron chi connectivity index (χ0n) is 15.8. The van der Waals surface area contributed by atoms with Crippen molar-refractivity contribution in [3.63, 3.8) is 0 Å². The lowest BCUT2D eigenvalue weighted by atomic mass is 10.1. The maximum Gasteiger partial charge on any atom is 0.295 e. The summed E-state index contributed by atoms with van der Waals surface area (Å²) in [6.45, 7) is 2.61. The van der Waals surface area contributed by atoms with E-state index in [9.17, 15) is 18.5 Å². The first-order valence-corrected chi connectivity index (χ1v) is 11.0. The van der Waals surface area contributed by atoms with Crippen molar-refractivity contribution in [2.24, 2.45) is 5.10 Å². The fraction of sp³-hybridized carbons (Fsp3) is 0.278. The topological polar surface area (TPSA) is 114 Å². The maximum atomic E-state index is 12.8. The van der Waals surface area contributed by atoms with Gasteiger partial charge in [-0.3, -0.25) is 15.5 Å². The van der Waals surface area contributed by atoms with Gasteiger partial charge >= 0.3 is 0 Å². The second-order valence-electron chi connectivity index (χ2n) is 6.39. The second-order valence-corrected chi connectivity index (χ2v) is 9.17. The van der Waals surface area contributed by atoms with Crippen LogP contribution in [0.2, 0.25) is 10.0 Å². The van der Waals surface area contributed by atoms with Gasteiger partial charge in [0.2, 0.25) is 10.0 Å². The van der Waals surface area contributed by atoms with E-state index in [4.69, 9.17) is 27.9 Å². The molecule has 0 amide bonds. The van der Waals surface area contributed by atoms with Gasteiger partial charge in [0.1, 0.15) is 5.69 Å². The van der Waals surface area contributed by atoms with Crippen molar-refractivity contribution in [2.75, 3.05) is 31.7 Å². The molecule has 1 aliphatic heterocycles. The molecule has 9 nitrogen and oxygen atoms in total. The number of nitro benzene ring substituents is 1. The van der Waals surface area contributed by atoms with Crippen molar-refractivity contribution in [2.45, 2.75) is 11.8 Å². The lowest BCUT2D eigenvalue weighted by Gasteiger charge is -2.26. The van der Waals surface area contributed by atoms with Crippen LogP contribution in [0.25, 0.3) is 0 Å². The number of nitrogens with one attached hydrogen (secondary N) is 1. The van der Waals surface area contributed by atoms with Gasteiger partial charge in [-0.1, -0.05) is 23.2 Å². The normalized spacial score (nSPS) is 15.8. The number of rotatable bonds is 6. The van der Waals surface area contributed by atoms with Crippen LogP contribution in [0, 0.1) is 10.1 Å². The molecule has 3 rings (SSSR count). The zero-order chi connectivity index (χ0) is 21.9. The first-order chi connectivity index (χ1) is 14.2. The highest BCUT2D eigenvalue weighted by molar-refractivity contribution is 7.89. The first-order valence-electron chi connectivity index (χ1n) is 8.82. The summed E-state index contributed by atoms with van der Waals surface area (Å²) in [4.78, 5) is 10.7. The maximum absolute atomic E-state index is 12.8. The number of halogens is 2. The summed E-state index contributed by atoms with van der Waals surface area (Å²) < 4.78 is 31.9. The van der Waals surface area contributed by atoms with E-state index in [1.807, 2.05) is 0 Å². The Balaban J connectivity index is 1.90. The van der Waals surface area contributed by atoms with E-state index in [0.717, 1.165) is 6.07 Å². The SMILES string of the molecule is C/C(=N\Nc1ccc(S(=O)(=O)N2CCOCC2)cc1[N+](=O)[O-])c1cc(Cl)ccc1Cl. The summed E-state index contributed by atoms with van der Waals surface area (Å²) in [6, 6.07) is 8.50. The van der Waals surface area contributed by atoms with E-state index in [-0.39, 0.29) is 36.9 Å². The smallest absolute Gasteiger partial charge is 0.295 e. The van der Waals surface area contributed by atoms with Crippen LogP contribution < -0.4 is 5.43 Å². The highest BCUT2D eigenvalue weighted by Crippen LogP contribution is 2.30. The van der Waals surface area contributed by atoms with Crippen molar-refractivity contribution in [3.8, 4) is 0 Å². The van der Waals surface area contributed by atoms with Crippen LogP contribution in [0.4, 0.5) is 11.4 Å². The molecule has 0 saturated carbocycles. The molecular weight excluding hydrogens is 455 g/mol. The van der Waals surface area contributed by atoms with Gasteiger partial charge in [0.05, 0.1) is 28.7 Å². The van der Waals surface area contributed by atoms with Crippen LogP contribution in [0.5, 0.6) is 0 Å². The molecule has 0 spiro atoms. The Morgan fingerprint density at radius 3 is 2.57 bits per heavy atom. The third kappa shape index (κ3) is 4.90. The Morgan fingerprint density at radius 1 is 1.20 bits per heavy atom. The minimum Gasteiger partial charge on any atom is -0.379 e. The molecule has 1 heterocycles. The first kappa shape index (κ1) is 22.4. The van der Waals surface area contributed by atoms with Crippen LogP contribution in [0.1, 0.15) is 12.5 Å². The van der Waals surface area contributed by atoms with E-state index < -0.39 is 20.6 Å². The van der Waals surface area contributed by atoms with Crippen LogP contribution in [-0.2, 0) is 14.8 Å². The quantitative estimate of drug-likeness (QED) is 0.388. The predicted molar refractivity (Wildman–Crippen MR) is 115 cm³/mol. The van der Waals surface area contributed by atoms with Crippen molar-refractivity contribution >= 4 is 50.3 Å². The Kier molecular flexibility index (Phi) is 6.94. The van der Waals surface area contributed by atoms with Crippen molar-refractivity contribution in [1.82, 2.24) is 4.31 Å². The molecule has 12 heteroatoms. The summed E-state index contributed by atoms with van der Waals surface area (Å²) in [6.07, 6.45) is 0. The third-order valence-corrected chi connectivity index (χ3v) is 6.90. The Morgan fingerprint density at radius 2 is 1.90 bits per heavy atom. The molecule has 30 heavy (non-hydrogen) atoms. The number of sulfonamides is 1. The molecule has 1 fully saturated rings. The number of nitrogens with zero attached hydrogens (tertiary/aromatic N) is 3. The van der Waals surface area contributed by atoms with Gasteiger partial charge in [0.25, 0.3) is 5.69 Å². The summed E-state index contributed by atoms with van der Waals surface area (Å²) in [7, 11) is -3.87. The minimum absolute atomic E-state index is 0.0402. The van der Waals surface area contributed by atoms with E-state index in [1.54, 1.807) is 25.1 Å². The molecule has 0 aliphatic carbocycles. The van der Waals surface area contributed by atoms with E-state index in [1.165, 1.54) is 16.4 Å². The van der Waals surface area contributed by atoms with Crippen LogP contribution in [0.3, 0.4) is 0 Å². The lowest BCUT2D eigenvalue weighted by molar-refractivity contribution is -0.384. The van der Waals surface area contributed by atoms with Gasteiger partial charge in [0, 0.05) is 34.8 Å². The number of nitro groups is 1. The summed E-state index contributed by atoms with van der Waals surface area (Å²) in [5.74, 6) is 0. The Bertz CT molecular complexity index is 1100. The Labute approximate surface area is 183 Å². The van der Waals surface area contributed by atoms with E-state index in [2.05, 4.69) is 10.5 Å². The van der Waals surface area contributed by atoms with Gasteiger partial charge < -0.3 is 4.74 Å². The molecule has 0 bridgehead atoms. The van der Waals surface area contributed by atoms with Crippen LogP contribution in [-0.4, -0.2) is 49.7 Å². The van der Waals surface area contributed by atoms with Crippen molar-refractivity contribution in [3.05, 3.63) is 62.1 Å². The second kappa shape index (κ2) is 9.27. The van der Waals surface area contributed by atoms with E-state index >= 15 is 0 Å². The van der Waals surface area contributed by atoms with Gasteiger partial charge in [0.15, 0.2) is 0 Å². The number of ether oxygens (including phenoxy) is 1. The molecule has 2 aromatic rings. The molecule has 160 valence electrons. The molecule has 2 aromatic carbocycles. The highest BCUT2D eigenvalue weighted by Gasteiger charge is 2.28. The van der Waals surface area contributed by atoms with Crippen molar-refractivity contribution < 1.29 is 18.1 Å². The molecule has 1 N–H and O–H groups in total. The summed E-state index contributed by atoms with van der Waals surface area (Å²) in [5, 5.41) is 16.6. The fourth-order valence-corrected chi connectivity index (χ4v) is 4.69. The molecule has 1 aliphatic rings. The number of hydrogen-bond acceptors (Lipinski definition) is 7. The van der Waals surface area contributed by atoms with Crippen molar-refractivity contribution in [1.29, 1.82) is 0 Å². The predicted octanol–water partition coefficient (Wildman–Crippen LogP) is 3.76. The molecule has 0 aromatic heterocycles. The van der Waals surface area contributed by atoms with Gasteiger partial charge in [-0.15, -0.1) is 0 Å². The highest BCUT2D eigenvalue weighted by atomic mass is 35.5. The minimum atomic E-state index is -3.87. The molecular formula is C18H18Cl2N4O5S. The number of hydrogen-bond donors (Lipinski definition) is 1. The average molecular weight is 473 g/mol. The van der Waals surface area contributed by atoms with Crippen LogP contribution >= 0.6 is 23.2 Å². The molecule has 0 unspecified atom stereocenters.